The first-order valence-electron chi connectivity index (χ1n) is 8.60. The van der Waals surface area contributed by atoms with Crippen LogP contribution in [0, 0.1) is 5.92 Å². The molecule has 0 aromatic heterocycles. The molecule has 6 nitrogen and oxygen atoms in total. The van der Waals surface area contributed by atoms with E-state index >= 15 is 0 Å². The molecule has 0 saturated carbocycles. The van der Waals surface area contributed by atoms with Gasteiger partial charge in [-0.15, -0.1) is 11.8 Å². The van der Waals surface area contributed by atoms with Crippen LogP contribution < -0.4 is 10.6 Å². The van der Waals surface area contributed by atoms with Crippen molar-refractivity contribution < 1.29 is 18.0 Å². The molecule has 0 unspecified atom stereocenters. The maximum Gasteiger partial charge on any atom is 0.228 e. The van der Waals surface area contributed by atoms with Crippen molar-refractivity contribution in [1.29, 1.82) is 0 Å². The highest BCUT2D eigenvalue weighted by Gasteiger charge is 2.23. The zero-order valence-corrected chi connectivity index (χ0v) is 18.3. The maximum absolute atomic E-state index is 12.7. The molecule has 0 aliphatic carbocycles. The molecule has 1 aliphatic heterocycles. The molecule has 1 atom stereocenters. The van der Waals surface area contributed by atoms with E-state index in [1.165, 1.54) is 23.9 Å². The van der Waals surface area contributed by atoms with Crippen LogP contribution in [0.15, 0.2) is 56.7 Å². The van der Waals surface area contributed by atoms with Gasteiger partial charge in [-0.1, -0.05) is 28.9 Å². The van der Waals surface area contributed by atoms with Crippen LogP contribution in [-0.4, -0.2) is 31.7 Å². The van der Waals surface area contributed by atoms with Gasteiger partial charge in [-0.05, 0) is 36.4 Å². The number of hydrogen-bond donors (Lipinski definition) is 2. The summed E-state index contributed by atoms with van der Waals surface area (Å²) in [6.07, 6.45) is -0.163. The van der Waals surface area contributed by atoms with Crippen molar-refractivity contribution in [2.75, 3.05) is 22.1 Å². The first-order valence-corrected chi connectivity index (χ1v) is 12.0. The number of carbonyl (C=O) groups excluding carboxylic acids is 2. The van der Waals surface area contributed by atoms with Crippen molar-refractivity contribution in [2.45, 2.75) is 23.1 Å². The third-order valence-corrected chi connectivity index (χ3v) is 7.75. The van der Waals surface area contributed by atoms with Crippen LogP contribution in [0.25, 0.3) is 0 Å². The molecule has 3 rings (SSSR count). The third-order valence-electron chi connectivity index (χ3n) is 4.21. The van der Waals surface area contributed by atoms with Crippen LogP contribution in [-0.2, 0) is 19.4 Å². The fourth-order valence-corrected chi connectivity index (χ4v) is 5.28. The van der Waals surface area contributed by atoms with Gasteiger partial charge in [0.15, 0.2) is 9.84 Å². The average Bonchev–Trinajstić information content (AvgIpc) is 2.78. The van der Waals surface area contributed by atoms with Crippen LogP contribution in [0.5, 0.6) is 0 Å². The lowest BCUT2D eigenvalue weighted by molar-refractivity contribution is -0.118. The zero-order chi connectivity index (χ0) is 20.3. The predicted molar refractivity (Wildman–Crippen MR) is 114 cm³/mol. The van der Waals surface area contributed by atoms with E-state index in [0.717, 1.165) is 9.37 Å². The second-order valence-corrected chi connectivity index (χ2v) is 10.6. The van der Waals surface area contributed by atoms with E-state index < -0.39 is 9.84 Å². The Bertz CT molecular complexity index is 1020. The van der Waals surface area contributed by atoms with Gasteiger partial charge in [0.05, 0.1) is 16.3 Å². The monoisotopic (exact) mass is 482 g/mol. The Labute approximate surface area is 176 Å². The summed E-state index contributed by atoms with van der Waals surface area (Å²) in [5, 5.41) is 5.46. The number of nitrogens with one attached hydrogen (secondary N) is 2. The number of thioether (sulfide) groups is 1. The minimum Gasteiger partial charge on any atom is -0.326 e. The smallest absolute Gasteiger partial charge is 0.228 e. The second kappa shape index (κ2) is 8.67. The molecule has 9 heteroatoms. The molecule has 2 aromatic carbocycles. The SMILES string of the molecule is C[C@@H]1CSc2ccc(S(=O)(=O)CCC(=O)Nc3cccc(Br)c3)cc2NC1=O. The van der Waals surface area contributed by atoms with Gasteiger partial charge in [0.2, 0.25) is 11.8 Å². The van der Waals surface area contributed by atoms with Gasteiger partial charge in [-0.2, -0.15) is 0 Å². The van der Waals surface area contributed by atoms with Crippen LogP contribution in [0.2, 0.25) is 0 Å². The molecule has 2 aromatic rings. The summed E-state index contributed by atoms with van der Waals surface area (Å²) in [5.41, 5.74) is 1.09. The number of benzene rings is 2. The molecule has 2 amide bonds. The van der Waals surface area contributed by atoms with Gasteiger partial charge in [0.1, 0.15) is 0 Å². The highest BCUT2D eigenvalue weighted by molar-refractivity contribution is 9.10. The lowest BCUT2D eigenvalue weighted by Gasteiger charge is -2.10. The molecular formula is C19H19BrN2O4S2. The quantitative estimate of drug-likeness (QED) is 0.673. The number of anilines is 2. The van der Waals surface area contributed by atoms with E-state index in [-0.39, 0.29) is 34.8 Å². The largest absolute Gasteiger partial charge is 0.326 e. The molecular weight excluding hydrogens is 464 g/mol. The van der Waals surface area contributed by atoms with E-state index in [9.17, 15) is 18.0 Å². The van der Waals surface area contributed by atoms with Crippen LogP contribution in [0.1, 0.15) is 13.3 Å². The summed E-state index contributed by atoms with van der Waals surface area (Å²) in [7, 11) is -3.66. The van der Waals surface area contributed by atoms with Crippen molar-refractivity contribution in [1.82, 2.24) is 0 Å². The van der Waals surface area contributed by atoms with Crippen molar-refractivity contribution >= 4 is 60.7 Å². The topological polar surface area (TPSA) is 92.3 Å². The molecule has 0 radical (unpaired) electrons. The number of carbonyl (C=O) groups is 2. The van der Waals surface area contributed by atoms with Crippen LogP contribution >= 0.6 is 27.7 Å². The third kappa shape index (κ3) is 5.15. The first kappa shape index (κ1) is 20.9. The lowest BCUT2D eigenvalue weighted by Crippen LogP contribution is -2.20. The summed E-state index contributed by atoms with van der Waals surface area (Å²) in [6, 6.07) is 11.8. The molecule has 0 bridgehead atoms. The van der Waals surface area contributed by atoms with Gasteiger partial charge in [-0.25, -0.2) is 8.42 Å². The van der Waals surface area contributed by atoms with Crippen molar-refractivity contribution in [3.8, 4) is 0 Å². The van der Waals surface area contributed by atoms with Gasteiger partial charge in [0, 0.05) is 33.1 Å². The second-order valence-electron chi connectivity index (χ2n) is 6.49. The molecule has 1 aliphatic rings. The number of sulfone groups is 1. The number of fused-ring (bicyclic) bond motifs is 1. The Hall–Kier alpha value is -1.84. The van der Waals surface area contributed by atoms with Crippen molar-refractivity contribution in [3.05, 3.63) is 46.9 Å². The number of amides is 2. The number of hydrogen-bond acceptors (Lipinski definition) is 5. The van der Waals surface area contributed by atoms with Crippen LogP contribution in [0.4, 0.5) is 11.4 Å². The van der Waals surface area contributed by atoms with Gasteiger partial charge in [-0.3, -0.25) is 9.59 Å². The van der Waals surface area contributed by atoms with Gasteiger partial charge in [0.25, 0.3) is 0 Å². The van der Waals surface area contributed by atoms with Gasteiger partial charge >= 0.3 is 0 Å². The lowest BCUT2D eigenvalue weighted by atomic mass is 10.2. The standard InChI is InChI=1S/C19H19BrN2O4S2/c1-12-11-27-17-6-5-15(10-16(17)22-19(12)24)28(25,26)8-7-18(23)21-14-4-2-3-13(20)9-14/h2-6,9-10,12H,7-8,11H2,1H3,(H,21,23)(H,22,24)/t12-/m1/s1. The average molecular weight is 483 g/mol. The predicted octanol–water partition coefficient (Wildman–Crippen LogP) is 3.93. The highest BCUT2D eigenvalue weighted by Crippen LogP contribution is 2.34. The van der Waals surface area contributed by atoms with Gasteiger partial charge < -0.3 is 10.6 Å². The highest BCUT2D eigenvalue weighted by atomic mass is 79.9. The summed E-state index contributed by atoms with van der Waals surface area (Å²) < 4.78 is 26.1. The van der Waals surface area contributed by atoms with E-state index in [1.54, 1.807) is 24.3 Å². The Morgan fingerprint density at radius 3 is 2.82 bits per heavy atom. The summed E-state index contributed by atoms with van der Waals surface area (Å²) in [4.78, 5) is 25.1. The number of halogens is 1. The first-order chi connectivity index (χ1) is 13.2. The van der Waals surface area contributed by atoms with E-state index in [2.05, 4.69) is 26.6 Å². The van der Waals surface area contributed by atoms with E-state index in [1.807, 2.05) is 13.0 Å². The molecule has 0 spiro atoms. The molecule has 0 saturated heterocycles. The molecule has 2 N–H and O–H groups in total. The van der Waals surface area contributed by atoms with Crippen molar-refractivity contribution in [2.24, 2.45) is 5.92 Å². The summed E-state index contributed by atoms with van der Waals surface area (Å²) >= 11 is 4.83. The van der Waals surface area contributed by atoms with Crippen molar-refractivity contribution in [3.63, 3.8) is 0 Å². The Morgan fingerprint density at radius 1 is 1.29 bits per heavy atom. The van der Waals surface area contributed by atoms with E-state index in [0.29, 0.717) is 17.1 Å². The molecule has 1 heterocycles. The fraction of sp³-hybridized carbons (Fsp3) is 0.263. The summed E-state index contributed by atoms with van der Waals surface area (Å²) in [5.74, 6) is -0.341. The summed E-state index contributed by atoms with van der Waals surface area (Å²) in [6.45, 7) is 1.83. The molecule has 28 heavy (non-hydrogen) atoms. The normalized spacial score (nSPS) is 16.6. The number of rotatable bonds is 5. The Balaban J connectivity index is 1.68. The molecule has 0 fully saturated rings. The fourth-order valence-electron chi connectivity index (χ4n) is 2.61. The minimum absolute atomic E-state index is 0.0944. The van der Waals surface area contributed by atoms with Crippen LogP contribution in [0.3, 0.4) is 0 Å². The maximum atomic E-state index is 12.7. The molecule has 148 valence electrons. The zero-order valence-electron chi connectivity index (χ0n) is 15.1. The van der Waals surface area contributed by atoms with E-state index in [4.69, 9.17) is 0 Å². The minimum atomic E-state index is -3.66. The Kier molecular flexibility index (Phi) is 6.47. The Morgan fingerprint density at radius 2 is 2.07 bits per heavy atom.